The number of amides is 3. The number of aromatic nitrogens is 1. The maximum Gasteiger partial charge on any atom is 0.325 e. The number of carbonyl (C=O) groups excluding carboxylic acids is 4. The molecule has 0 unspecified atom stereocenters. The number of rotatable bonds is 7. The van der Waals surface area contributed by atoms with Crippen LogP contribution >= 0.6 is 0 Å². The zero-order valence-electron chi connectivity index (χ0n) is 16.8. The first-order chi connectivity index (χ1) is 14.9. The molecule has 0 saturated heterocycles. The van der Waals surface area contributed by atoms with Crippen LogP contribution in [0.3, 0.4) is 0 Å². The Labute approximate surface area is 178 Å². The SMILES string of the molecule is Cn1cccc1C(=O)NC(=O)COC(=O)CNC(=O)c1ccc(-c2ccccc2)cc1. The Morgan fingerprint density at radius 1 is 0.839 bits per heavy atom. The summed E-state index contributed by atoms with van der Waals surface area (Å²) in [5, 5.41) is 4.56. The van der Waals surface area contributed by atoms with Gasteiger partial charge in [0.05, 0.1) is 0 Å². The maximum atomic E-state index is 12.2. The fourth-order valence-corrected chi connectivity index (χ4v) is 2.82. The normalized spacial score (nSPS) is 10.2. The Balaban J connectivity index is 1.42. The van der Waals surface area contributed by atoms with E-state index in [2.05, 4.69) is 10.6 Å². The third-order valence-electron chi connectivity index (χ3n) is 4.44. The molecule has 8 heteroatoms. The summed E-state index contributed by atoms with van der Waals surface area (Å²) < 4.78 is 6.34. The predicted molar refractivity (Wildman–Crippen MR) is 113 cm³/mol. The van der Waals surface area contributed by atoms with Crippen molar-refractivity contribution in [1.29, 1.82) is 0 Å². The quantitative estimate of drug-likeness (QED) is 0.569. The van der Waals surface area contributed by atoms with E-state index in [0.29, 0.717) is 11.3 Å². The maximum absolute atomic E-state index is 12.2. The molecule has 0 aliphatic carbocycles. The highest BCUT2D eigenvalue weighted by Crippen LogP contribution is 2.19. The van der Waals surface area contributed by atoms with Gasteiger partial charge >= 0.3 is 5.97 Å². The zero-order valence-corrected chi connectivity index (χ0v) is 16.8. The van der Waals surface area contributed by atoms with Gasteiger partial charge in [-0.3, -0.25) is 24.5 Å². The van der Waals surface area contributed by atoms with Gasteiger partial charge in [0.15, 0.2) is 6.61 Å². The molecule has 0 radical (unpaired) electrons. The zero-order chi connectivity index (χ0) is 22.2. The van der Waals surface area contributed by atoms with E-state index in [1.807, 2.05) is 42.5 Å². The first-order valence-corrected chi connectivity index (χ1v) is 9.49. The summed E-state index contributed by atoms with van der Waals surface area (Å²) in [5.74, 6) is -2.60. The van der Waals surface area contributed by atoms with Gasteiger partial charge in [-0.25, -0.2) is 0 Å². The van der Waals surface area contributed by atoms with Gasteiger partial charge in [-0.15, -0.1) is 0 Å². The van der Waals surface area contributed by atoms with Crippen molar-refractivity contribution in [3.63, 3.8) is 0 Å². The lowest BCUT2D eigenvalue weighted by molar-refractivity contribution is -0.147. The summed E-state index contributed by atoms with van der Waals surface area (Å²) in [5.41, 5.74) is 2.68. The molecule has 8 nitrogen and oxygen atoms in total. The molecule has 0 spiro atoms. The van der Waals surface area contributed by atoms with Gasteiger partial charge in [-0.05, 0) is 35.4 Å². The van der Waals surface area contributed by atoms with Crippen LogP contribution < -0.4 is 10.6 Å². The lowest BCUT2D eigenvalue weighted by atomic mass is 10.0. The molecule has 0 bridgehead atoms. The number of hydrogen-bond acceptors (Lipinski definition) is 5. The van der Waals surface area contributed by atoms with Gasteiger partial charge in [0, 0.05) is 18.8 Å². The summed E-state index contributed by atoms with van der Waals surface area (Å²) >= 11 is 0. The van der Waals surface area contributed by atoms with Crippen molar-refractivity contribution in [3.8, 4) is 11.1 Å². The van der Waals surface area contributed by atoms with Crippen LogP contribution in [0.5, 0.6) is 0 Å². The monoisotopic (exact) mass is 419 g/mol. The molecular weight excluding hydrogens is 398 g/mol. The number of carbonyl (C=O) groups is 4. The second-order valence-electron chi connectivity index (χ2n) is 6.67. The van der Waals surface area contributed by atoms with Gasteiger partial charge in [0.1, 0.15) is 12.2 Å². The Hall–Kier alpha value is -4.20. The molecule has 3 rings (SSSR count). The Morgan fingerprint density at radius 2 is 1.52 bits per heavy atom. The van der Waals surface area contributed by atoms with Crippen molar-refractivity contribution >= 4 is 23.7 Å². The lowest BCUT2D eigenvalue weighted by Gasteiger charge is -2.08. The first kappa shape index (κ1) is 21.5. The Kier molecular flexibility index (Phi) is 6.95. The van der Waals surface area contributed by atoms with E-state index in [4.69, 9.17) is 4.74 Å². The van der Waals surface area contributed by atoms with E-state index >= 15 is 0 Å². The van der Waals surface area contributed by atoms with Crippen LogP contribution in [0.15, 0.2) is 72.9 Å². The van der Waals surface area contributed by atoms with Crippen LogP contribution in [0.1, 0.15) is 20.8 Å². The smallest absolute Gasteiger partial charge is 0.325 e. The number of nitrogens with one attached hydrogen (secondary N) is 2. The standard InChI is InChI=1S/C23H21N3O5/c1-26-13-5-8-19(26)23(30)25-20(27)15-31-21(28)14-24-22(29)18-11-9-17(10-12-18)16-6-3-2-4-7-16/h2-13H,14-15H2,1H3,(H,24,29)(H,25,27,30). The average Bonchev–Trinajstić information content (AvgIpc) is 3.22. The van der Waals surface area contributed by atoms with Gasteiger partial charge in [0.25, 0.3) is 17.7 Å². The highest BCUT2D eigenvalue weighted by Gasteiger charge is 2.15. The van der Waals surface area contributed by atoms with Crippen molar-refractivity contribution in [2.75, 3.05) is 13.2 Å². The second-order valence-corrected chi connectivity index (χ2v) is 6.67. The first-order valence-electron chi connectivity index (χ1n) is 9.49. The number of hydrogen-bond donors (Lipinski definition) is 2. The minimum absolute atomic E-state index is 0.297. The molecule has 3 amide bonds. The van der Waals surface area contributed by atoms with Crippen molar-refractivity contribution in [1.82, 2.24) is 15.2 Å². The number of imide groups is 1. The van der Waals surface area contributed by atoms with E-state index in [9.17, 15) is 19.2 Å². The molecular formula is C23H21N3O5. The summed E-state index contributed by atoms with van der Waals surface area (Å²) in [6, 6.07) is 19.9. The van der Waals surface area contributed by atoms with Crippen LogP contribution in [0.2, 0.25) is 0 Å². The summed E-state index contributed by atoms with van der Waals surface area (Å²) in [6.45, 7) is -1.03. The highest BCUT2D eigenvalue weighted by atomic mass is 16.5. The van der Waals surface area contributed by atoms with E-state index < -0.39 is 36.8 Å². The Bertz CT molecular complexity index is 1090. The van der Waals surface area contributed by atoms with Crippen molar-refractivity contribution < 1.29 is 23.9 Å². The summed E-state index contributed by atoms with van der Waals surface area (Å²) in [7, 11) is 1.66. The number of esters is 1. The molecule has 31 heavy (non-hydrogen) atoms. The minimum atomic E-state index is -0.796. The predicted octanol–water partition coefficient (Wildman–Crippen LogP) is 1.92. The van der Waals surface area contributed by atoms with Gasteiger partial charge in [-0.2, -0.15) is 0 Å². The highest BCUT2D eigenvalue weighted by molar-refractivity contribution is 6.04. The van der Waals surface area contributed by atoms with Gasteiger partial charge in [0.2, 0.25) is 0 Å². The number of nitrogens with zero attached hydrogens (tertiary/aromatic N) is 1. The Morgan fingerprint density at radius 3 is 2.16 bits per heavy atom. The van der Waals surface area contributed by atoms with Crippen molar-refractivity contribution in [2.24, 2.45) is 7.05 Å². The molecule has 2 aromatic carbocycles. The van der Waals surface area contributed by atoms with Gasteiger partial charge in [-0.1, -0.05) is 42.5 Å². The third kappa shape index (κ3) is 5.89. The van der Waals surface area contributed by atoms with E-state index in [0.717, 1.165) is 11.1 Å². The average molecular weight is 419 g/mol. The van der Waals surface area contributed by atoms with E-state index in [1.165, 1.54) is 0 Å². The molecule has 158 valence electrons. The minimum Gasteiger partial charge on any atom is -0.454 e. The third-order valence-corrected chi connectivity index (χ3v) is 4.44. The lowest BCUT2D eigenvalue weighted by Crippen LogP contribution is -2.37. The van der Waals surface area contributed by atoms with Crippen LogP contribution in [-0.2, 0) is 21.4 Å². The fraction of sp³-hybridized carbons (Fsp3) is 0.130. The van der Waals surface area contributed by atoms with E-state index in [-0.39, 0.29) is 0 Å². The van der Waals surface area contributed by atoms with Crippen LogP contribution in [0.4, 0.5) is 0 Å². The number of ether oxygens (including phenoxy) is 1. The van der Waals surface area contributed by atoms with Crippen molar-refractivity contribution in [2.45, 2.75) is 0 Å². The summed E-state index contributed by atoms with van der Waals surface area (Å²) in [6.07, 6.45) is 1.66. The molecule has 0 saturated carbocycles. The van der Waals surface area contributed by atoms with Crippen LogP contribution in [0.25, 0.3) is 11.1 Å². The largest absolute Gasteiger partial charge is 0.454 e. The molecule has 2 N–H and O–H groups in total. The fourth-order valence-electron chi connectivity index (χ4n) is 2.82. The van der Waals surface area contributed by atoms with Crippen molar-refractivity contribution in [3.05, 3.63) is 84.2 Å². The van der Waals surface area contributed by atoms with Crippen LogP contribution in [0, 0.1) is 0 Å². The molecule has 0 aliphatic heterocycles. The van der Waals surface area contributed by atoms with Gasteiger partial charge < -0.3 is 14.6 Å². The van der Waals surface area contributed by atoms with E-state index in [1.54, 1.807) is 42.1 Å². The molecule has 1 aromatic heterocycles. The molecule has 0 aliphatic rings. The molecule has 0 atom stereocenters. The van der Waals surface area contributed by atoms with Crippen LogP contribution in [-0.4, -0.2) is 41.4 Å². The number of benzene rings is 2. The topological polar surface area (TPSA) is 106 Å². The molecule has 0 fully saturated rings. The molecule has 1 heterocycles. The summed E-state index contributed by atoms with van der Waals surface area (Å²) in [4.78, 5) is 47.7. The second kappa shape index (κ2) is 10.0. The molecule has 3 aromatic rings. The number of aryl methyl sites for hydroxylation is 1.